The van der Waals surface area contributed by atoms with E-state index in [0.29, 0.717) is 0 Å². The van der Waals surface area contributed by atoms with Crippen molar-refractivity contribution in [2.24, 2.45) is 0 Å². The van der Waals surface area contributed by atoms with Crippen molar-refractivity contribution in [1.82, 2.24) is 9.97 Å². The molecule has 2 aliphatic heterocycles. The van der Waals surface area contributed by atoms with Crippen molar-refractivity contribution in [1.29, 1.82) is 0 Å². The molecule has 0 fully saturated rings. The van der Waals surface area contributed by atoms with E-state index in [9.17, 15) is 0 Å². The first kappa shape index (κ1) is 30.1. The largest absolute Gasteiger partial charge is 0.310 e. The molecule has 7 aromatic rings. The van der Waals surface area contributed by atoms with Crippen molar-refractivity contribution in [3.8, 4) is 22.5 Å². The van der Waals surface area contributed by atoms with Crippen LogP contribution >= 0.6 is 0 Å². The van der Waals surface area contributed by atoms with Crippen LogP contribution in [0.3, 0.4) is 0 Å². The van der Waals surface area contributed by atoms with Gasteiger partial charge in [0, 0.05) is 51.4 Å². The molecule has 0 N–H and O–H groups in total. The Morgan fingerprint density at radius 2 is 0.940 bits per heavy atom. The van der Waals surface area contributed by atoms with Crippen LogP contribution in [0, 0.1) is 0 Å². The van der Waals surface area contributed by atoms with Gasteiger partial charge in [-0.3, -0.25) is 9.97 Å². The smallest absolute Gasteiger partial charge is 0.0702 e. The summed E-state index contributed by atoms with van der Waals surface area (Å²) in [4.78, 5) is 14.2. The molecule has 0 saturated heterocycles. The molecule has 50 heavy (non-hydrogen) atoms. The van der Waals surface area contributed by atoms with Crippen molar-refractivity contribution in [2.45, 2.75) is 38.5 Å². The minimum atomic E-state index is -0.243. The average Bonchev–Trinajstić information content (AvgIpc) is 3.16. The van der Waals surface area contributed by atoms with E-state index in [1.54, 1.807) is 0 Å². The van der Waals surface area contributed by atoms with E-state index in [0.717, 1.165) is 39.6 Å². The highest BCUT2D eigenvalue weighted by atomic mass is 15.2. The van der Waals surface area contributed by atoms with Crippen molar-refractivity contribution in [2.75, 3.05) is 9.80 Å². The highest BCUT2D eigenvalue weighted by Crippen LogP contribution is 2.60. The van der Waals surface area contributed by atoms with Crippen LogP contribution in [-0.4, -0.2) is 9.97 Å². The Hall–Kier alpha value is -6.00. The number of nitrogens with zero attached hydrogens (tertiary/aromatic N) is 4. The molecule has 0 atom stereocenters. The second kappa shape index (κ2) is 11.3. The summed E-state index contributed by atoms with van der Waals surface area (Å²) < 4.78 is 0. The van der Waals surface area contributed by atoms with Crippen LogP contribution in [0.2, 0.25) is 0 Å². The fourth-order valence-corrected chi connectivity index (χ4v) is 8.13. The Morgan fingerprint density at radius 3 is 1.54 bits per heavy atom. The van der Waals surface area contributed by atoms with Crippen molar-refractivity contribution < 1.29 is 0 Å². The molecule has 0 unspecified atom stereocenters. The van der Waals surface area contributed by atoms with Crippen LogP contribution in [0.4, 0.5) is 34.1 Å². The Bertz CT molecular complexity index is 2310. The lowest BCUT2D eigenvalue weighted by Gasteiger charge is -2.49. The van der Waals surface area contributed by atoms with E-state index < -0.39 is 0 Å². The van der Waals surface area contributed by atoms with Gasteiger partial charge in [0.1, 0.15) is 0 Å². The summed E-state index contributed by atoms with van der Waals surface area (Å²) in [5.41, 5.74) is 16.1. The number of anilines is 6. The minimum Gasteiger partial charge on any atom is -0.310 e. The van der Waals surface area contributed by atoms with E-state index in [2.05, 4.69) is 169 Å². The van der Waals surface area contributed by atoms with Crippen molar-refractivity contribution >= 4 is 34.1 Å². The second-order valence-corrected chi connectivity index (χ2v) is 14.4. The van der Waals surface area contributed by atoms with E-state index in [1.807, 2.05) is 36.7 Å². The van der Waals surface area contributed by atoms with Crippen LogP contribution in [0.15, 0.2) is 158 Å². The third kappa shape index (κ3) is 4.59. The Kier molecular flexibility index (Phi) is 6.79. The quantitative estimate of drug-likeness (QED) is 0.186. The van der Waals surface area contributed by atoms with Gasteiger partial charge in [-0.1, -0.05) is 100 Å². The zero-order chi connectivity index (χ0) is 34.0. The van der Waals surface area contributed by atoms with Crippen LogP contribution < -0.4 is 9.80 Å². The lowest BCUT2D eigenvalue weighted by atomic mass is 9.66. The van der Waals surface area contributed by atoms with Crippen molar-refractivity contribution in [3.63, 3.8) is 0 Å². The molecule has 4 nitrogen and oxygen atoms in total. The minimum absolute atomic E-state index is 0.111. The fourth-order valence-electron chi connectivity index (χ4n) is 8.13. The Balaban J connectivity index is 1.26. The molecule has 0 aliphatic carbocycles. The number of benzene rings is 5. The average molecular weight is 647 g/mol. The molecular formula is C46H38N4. The Labute approximate surface area is 294 Å². The molecule has 0 amide bonds. The molecule has 0 saturated carbocycles. The maximum atomic E-state index is 4.67. The van der Waals surface area contributed by atoms with E-state index in [-0.39, 0.29) is 10.8 Å². The zero-order valence-corrected chi connectivity index (χ0v) is 28.8. The van der Waals surface area contributed by atoms with Crippen LogP contribution in [-0.2, 0) is 10.8 Å². The first-order chi connectivity index (χ1) is 24.3. The molecule has 0 bridgehead atoms. The number of pyridine rings is 2. The summed E-state index contributed by atoms with van der Waals surface area (Å²) >= 11 is 0. The number of fused-ring (bicyclic) bond motifs is 4. The molecular weight excluding hydrogens is 609 g/mol. The Morgan fingerprint density at radius 1 is 0.440 bits per heavy atom. The van der Waals surface area contributed by atoms with Crippen LogP contribution in [0.25, 0.3) is 22.5 Å². The topological polar surface area (TPSA) is 32.3 Å². The number of para-hydroxylation sites is 2. The molecule has 0 radical (unpaired) electrons. The van der Waals surface area contributed by atoms with E-state index in [1.165, 1.54) is 39.3 Å². The summed E-state index contributed by atoms with van der Waals surface area (Å²) in [7, 11) is 0. The summed E-state index contributed by atoms with van der Waals surface area (Å²) in [5.74, 6) is 0. The van der Waals surface area contributed by atoms with Gasteiger partial charge in [-0.05, 0) is 95.1 Å². The fraction of sp³-hybridized carbons (Fsp3) is 0.130. The summed E-state index contributed by atoms with van der Waals surface area (Å²) in [6.45, 7) is 9.48. The second-order valence-electron chi connectivity index (χ2n) is 14.4. The predicted molar refractivity (Wildman–Crippen MR) is 207 cm³/mol. The van der Waals surface area contributed by atoms with E-state index >= 15 is 0 Å². The first-order valence-electron chi connectivity index (χ1n) is 17.3. The SMILES string of the molecule is CC1(C)c2ccccc2N2c3ccc(N(c4cccc(-c5ccccn5)c4)c4cccc(-c5ccccn5)c4)cc3C(C)(C)c3cccc1c32. The van der Waals surface area contributed by atoms with Crippen LogP contribution in [0.5, 0.6) is 0 Å². The zero-order valence-electron chi connectivity index (χ0n) is 28.8. The predicted octanol–water partition coefficient (Wildman–Crippen LogP) is 12.0. The summed E-state index contributed by atoms with van der Waals surface area (Å²) in [5, 5.41) is 0. The molecule has 0 spiro atoms. The normalized spacial score (nSPS) is 14.7. The molecule has 9 rings (SSSR count). The number of aromatic nitrogens is 2. The molecule has 2 aromatic heterocycles. The highest BCUT2D eigenvalue weighted by Gasteiger charge is 2.45. The van der Waals surface area contributed by atoms with Gasteiger partial charge in [0.25, 0.3) is 0 Å². The first-order valence-corrected chi connectivity index (χ1v) is 17.3. The molecule has 4 heteroatoms. The number of hydrogen-bond donors (Lipinski definition) is 0. The number of rotatable bonds is 5. The lowest BCUT2D eigenvalue weighted by Crippen LogP contribution is -2.38. The summed E-state index contributed by atoms with van der Waals surface area (Å²) in [6.07, 6.45) is 3.70. The molecule has 2 aliphatic rings. The third-order valence-corrected chi connectivity index (χ3v) is 10.7. The van der Waals surface area contributed by atoms with Gasteiger partial charge in [0.2, 0.25) is 0 Å². The maximum absolute atomic E-state index is 4.67. The van der Waals surface area contributed by atoms with Gasteiger partial charge >= 0.3 is 0 Å². The molecule has 242 valence electrons. The number of hydrogen-bond acceptors (Lipinski definition) is 4. The third-order valence-electron chi connectivity index (χ3n) is 10.7. The lowest BCUT2D eigenvalue weighted by molar-refractivity contribution is 0.597. The van der Waals surface area contributed by atoms with Crippen molar-refractivity contribution in [3.05, 3.63) is 180 Å². The van der Waals surface area contributed by atoms with Gasteiger partial charge in [0.15, 0.2) is 0 Å². The highest BCUT2D eigenvalue weighted by molar-refractivity contribution is 5.94. The maximum Gasteiger partial charge on any atom is 0.0702 e. The van der Waals surface area contributed by atoms with Gasteiger partial charge in [0.05, 0.1) is 28.5 Å². The monoisotopic (exact) mass is 646 g/mol. The van der Waals surface area contributed by atoms with Gasteiger partial charge in [-0.15, -0.1) is 0 Å². The molecule has 5 aromatic carbocycles. The molecule has 4 heterocycles. The van der Waals surface area contributed by atoms with Gasteiger partial charge < -0.3 is 9.80 Å². The van der Waals surface area contributed by atoms with Crippen LogP contribution in [0.1, 0.15) is 49.9 Å². The van der Waals surface area contributed by atoms with Gasteiger partial charge in [-0.2, -0.15) is 0 Å². The van der Waals surface area contributed by atoms with Gasteiger partial charge in [-0.25, -0.2) is 0 Å². The summed E-state index contributed by atoms with van der Waals surface area (Å²) in [6, 6.07) is 52.3. The standard InChI is InChI=1S/C46H38N4/c1-45(2)36-18-5-6-23-42(36)50-43-25-24-35(30-39(43)46(3,4)38-20-13-19-37(45)44(38)50)49(33-16-11-14-31(28-33)40-21-7-9-26-47-40)34-17-12-15-32(29-34)41-22-8-10-27-48-41/h5-30H,1-4H3. The van der Waals surface area contributed by atoms with E-state index in [4.69, 9.17) is 0 Å².